The predicted octanol–water partition coefficient (Wildman–Crippen LogP) is 14.6. The van der Waals surface area contributed by atoms with Crippen LogP contribution >= 0.6 is 0 Å². The van der Waals surface area contributed by atoms with Gasteiger partial charge in [-0.2, -0.15) is 0 Å². The van der Waals surface area contributed by atoms with Crippen molar-refractivity contribution in [3.8, 4) is 0 Å². The summed E-state index contributed by atoms with van der Waals surface area (Å²) in [5.74, 6) is 1.64. The molecule has 0 aromatic heterocycles. The summed E-state index contributed by atoms with van der Waals surface area (Å²) in [5.41, 5.74) is 0. The molecule has 0 bridgehead atoms. The zero-order valence-corrected chi connectivity index (χ0v) is 39.7. The number of hydrogen-bond acceptors (Lipinski definition) is 5. The van der Waals surface area contributed by atoms with Crippen LogP contribution in [0.2, 0.25) is 0 Å². The van der Waals surface area contributed by atoms with Gasteiger partial charge in [-0.1, -0.05) is 195 Å². The summed E-state index contributed by atoms with van der Waals surface area (Å²) in [6, 6.07) is 0. The van der Waals surface area contributed by atoms with Gasteiger partial charge in [0.1, 0.15) is 0 Å². The summed E-state index contributed by atoms with van der Waals surface area (Å²) in [6.45, 7) is 16.0. The lowest BCUT2D eigenvalue weighted by molar-refractivity contribution is 0.0245. The molecule has 0 rings (SSSR count). The van der Waals surface area contributed by atoms with E-state index in [1.54, 1.807) is 0 Å². The Morgan fingerprint density at radius 3 is 0.927 bits per heavy atom. The van der Waals surface area contributed by atoms with E-state index in [1.807, 2.05) is 0 Å². The third kappa shape index (κ3) is 35.8. The van der Waals surface area contributed by atoms with E-state index < -0.39 is 21.6 Å². The molecule has 6 atom stereocenters. The maximum Gasteiger partial charge on any atom is 0.0690 e. The Morgan fingerprint density at radius 1 is 0.345 bits per heavy atom. The lowest BCUT2D eigenvalue weighted by atomic mass is 10.1. The first-order chi connectivity index (χ1) is 26.9. The van der Waals surface area contributed by atoms with Crippen molar-refractivity contribution in [3.05, 3.63) is 0 Å². The van der Waals surface area contributed by atoms with Crippen molar-refractivity contribution in [3.63, 3.8) is 0 Å². The van der Waals surface area contributed by atoms with Crippen LogP contribution in [-0.4, -0.2) is 69.1 Å². The number of unbranched alkanes of at least 4 members (excludes halogenated alkanes) is 24. The standard InChI is InChI=1S/C48H98O5S2/c1-7-11-15-19-21-23-25-29-33-43-54(49)47(37-31-27-17-13-9-3)45(5)52-41-35-39-51-40-36-42-53-46(6)48(38-32-28-18-14-10-4)55(50)44-34-30-26-24-22-20-16-12-8-2/h45-48H,7-44H2,1-6H3. The molecular weight excluding hydrogens is 721 g/mol. The zero-order chi connectivity index (χ0) is 40.5. The minimum Gasteiger partial charge on any atom is -0.381 e. The molecule has 0 aliphatic heterocycles. The second kappa shape index (κ2) is 43.8. The van der Waals surface area contributed by atoms with Crippen LogP contribution in [-0.2, 0) is 35.8 Å². The van der Waals surface area contributed by atoms with E-state index in [4.69, 9.17) is 14.2 Å². The van der Waals surface area contributed by atoms with E-state index in [0.717, 1.165) is 62.9 Å². The van der Waals surface area contributed by atoms with E-state index >= 15 is 0 Å². The average molecular weight is 819 g/mol. The molecular formula is C48H98O5S2. The van der Waals surface area contributed by atoms with Crippen LogP contribution in [0, 0.1) is 0 Å². The zero-order valence-electron chi connectivity index (χ0n) is 38.0. The van der Waals surface area contributed by atoms with Crippen LogP contribution < -0.4 is 0 Å². The molecule has 0 spiro atoms. The summed E-state index contributed by atoms with van der Waals surface area (Å²) in [6.07, 6.45) is 39.5. The van der Waals surface area contributed by atoms with Crippen LogP contribution in [0.3, 0.4) is 0 Å². The third-order valence-corrected chi connectivity index (χ3v) is 15.4. The molecule has 6 unspecified atom stereocenters. The van der Waals surface area contributed by atoms with Gasteiger partial charge < -0.3 is 14.2 Å². The van der Waals surface area contributed by atoms with Crippen molar-refractivity contribution in [1.29, 1.82) is 0 Å². The van der Waals surface area contributed by atoms with Gasteiger partial charge >= 0.3 is 0 Å². The van der Waals surface area contributed by atoms with E-state index in [1.165, 1.54) is 154 Å². The van der Waals surface area contributed by atoms with E-state index in [-0.39, 0.29) is 22.7 Å². The van der Waals surface area contributed by atoms with Gasteiger partial charge in [0.15, 0.2) is 0 Å². The Kier molecular flexibility index (Phi) is 43.9. The predicted molar refractivity (Wildman–Crippen MR) is 246 cm³/mol. The molecule has 332 valence electrons. The second-order valence-corrected chi connectivity index (χ2v) is 20.3. The Hall–Kier alpha value is 0.180. The van der Waals surface area contributed by atoms with Crippen LogP contribution in [0.5, 0.6) is 0 Å². The summed E-state index contributed by atoms with van der Waals surface area (Å²) in [5, 5.41) is 0.269. The molecule has 0 saturated heterocycles. The second-order valence-electron chi connectivity index (χ2n) is 16.8. The Balaban J connectivity index is 4.45. The Labute approximate surface area is 350 Å². The largest absolute Gasteiger partial charge is 0.381 e. The molecule has 0 N–H and O–H groups in total. The lowest BCUT2D eigenvalue weighted by Crippen LogP contribution is -2.32. The highest BCUT2D eigenvalue weighted by Gasteiger charge is 2.25. The first kappa shape index (κ1) is 55.2. The fraction of sp³-hybridized carbons (Fsp3) is 1.00. The number of hydrogen-bond donors (Lipinski definition) is 0. The van der Waals surface area contributed by atoms with Crippen LogP contribution in [0.25, 0.3) is 0 Å². The molecule has 55 heavy (non-hydrogen) atoms. The monoisotopic (exact) mass is 819 g/mol. The Morgan fingerprint density at radius 2 is 0.618 bits per heavy atom. The highest BCUT2D eigenvalue weighted by Crippen LogP contribution is 2.21. The molecule has 7 heteroatoms. The number of rotatable bonds is 46. The van der Waals surface area contributed by atoms with Crippen molar-refractivity contribution < 1.29 is 22.6 Å². The van der Waals surface area contributed by atoms with Crippen LogP contribution in [0.4, 0.5) is 0 Å². The summed E-state index contributed by atoms with van der Waals surface area (Å²) >= 11 is 0. The van der Waals surface area contributed by atoms with Gasteiger partial charge in [-0.25, -0.2) is 0 Å². The van der Waals surface area contributed by atoms with E-state index in [9.17, 15) is 8.42 Å². The molecule has 0 heterocycles. The smallest absolute Gasteiger partial charge is 0.0690 e. The van der Waals surface area contributed by atoms with Gasteiger partial charge in [0.05, 0.1) is 22.7 Å². The Bertz CT molecular complexity index is 747. The average Bonchev–Trinajstić information content (AvgIpc) is 3.18. The lowest BCUT2D eigenvalue weighted by Gasteiger charge is -2.24. The fourth-order valence-electron chi connectivity index (χ4n) is 7.65. The molecule has 0 amide bonds. The maximum absolute atomic E-state index is 13.5. The van der Waals surface area contributed by atoms with Gasteiger partial charge in [0, 0.05) is 59.5 Å². The first-order valence-electron chi connectivity index (χ1n) is 24.5. The van der Waals surface area contributed by atoms with Crippen molar-refractivity contribution in [2.75, 3.05) is 37.9 Å². The molecule has 0 radical (unpaired) electrons. The van der Waals surface area contributed by atoms with E-state index in [0.29, 0.717) is 26.4 Å². The third-order valence-electron chi connectivity index (χ3n) is 11.4. The van der Waals surface area contributed by atoms with Gasteiger partial charge in [-0.3, -0.25) is 8.42 Å². The van der Waals surface area contributed by atoms with Crippen molar-refractivity contribution in [2.24, 2.45) is 0 Å². The van der Waals surface area contributed by atoms with Gasteiger partial charge in [-0.05, 0) is 52.4 Å². The summed E-state index contributed by atoms with van der Waals surface area (Å²) < 4.78 is 45.5. The summed E-state index contributed by atoms with van der Waals surface area (Å²) in [4.78, 5) is 0. The molecule has 0 aliphatic rings. The molecule has 0 saturated carbocycles. The highest BCUT2D eigenvalue weighted by atomic mass is 32.2. The minimum absolute atomic E-state index is 0.0194. The number of ether oxygens (including phenoxy) is 3. The topological polar surface area (TPSA) is 61.8 Å². The fourth-order valence-corrected chi connectivity index (χ4v) is 11.1. The maximum atomic E-state index is 13.5. The minimum atomic E-state index is -0.828. The molecule has 0 aromatic carbocycles. The van der Waals surface area contributed by atoms with Gasteiger partial charge in [0.25, 0.3) is 0 Å². The molecule has 0 fully saturated rings. The summed E-state index contributed by atoms with van der Waals surface area (Å²) in [7, 11) is -1.66. The first-order valence-corrected chi connectivity index (χ1v) is 27.2. The SMILES string of the molecule is CCCCCCCCCCCS(=O)C(CCCCCCC)C(C)OCCCOCCCOC(C)C(CCCCCCC)S(=O)CCCCCCCCCCC. The molecule has 0 aliphatic carbocycles. The highest BCUT2D eigenvalue weighted by molar-refractivity contribution is 7.85. The van der Waals surface area contributed by atoms with Gasteiger partial charge in [0.2, 0.25) is 0 Å². The van der Waals surface area contributed by atoms with Crippen LogP contribution in [0.1, 0.15) is 247 Å². The molecule has 5 nitrogen and oxygen atoms in total. The van der Waals surface area contributed by atoms with Crippen molar-refractivity contribution in [2.45, 2.75) is 270 Å². The van der Waals surface area contributed by atoms with Crippen molar-refractivity contribution >= 4 is 21.6 Å². The van der Waals surface area contributed by atoms with Gasteiger partial charge in [-0.15, -0.1) is 0 Å². The quantitative estimate of drug-likeness (QED) is 0.0573. The normalized spacial score (nSPS) is 15.2. The van der Waals surface area contributed by atoms with Crippen LogP contribution in [0.15, 0.2) is 0 Å². The van der Waals surface area contributed by atoms with E-state index in [2.05, 4.69) is 41.5 Å². The van der Waals surface area contributed by atoms with Crippen molar-refractivity contribution in [1.82, 2.24) is 0 Å². The molecule has 0 aromatic rings.